The van der Waals surface area contributed by atoms with Gasteiger partial charge in [-0.05, 0) is 57.5 Å². The molecule has 1 saturated heterocycles. The summed E-state index contributed by atoms with van der Waals surface area (Å²) in [6, 6.07) is 1.71. The maximum absolute atomic E-state index is 3.67. The Morgan fingerprint density at radius 2 is 1.84 bits per heavy atom. The van der Waals surface area contributed by atoms with E-state index in [1.807, 2.05) is 0 Å². The van der Waals surface area contributed by atoms with Crippen molar-refractivity contribution in [2.45, 2.75) is 83.7 Å². The van der Waals surface area contributed by atoms with E-state index in [4.69, 9.17) is 0 Å². The standard InChI is InChI=1S/C17H34N2/c1-3-8-16(14-18-12-4-2)19-13-7-10-15-9-5-6-11-17(15)19/h15-18H,3-14H2,1-2H3/t15-,16?,17-/m1/s1. The molecule has 2 rings (SSSR count). The molecule has 0 aromatic heterocycles. The molecule has 3 atom stereocenters. The van der Waals surface area contributed by atoms with Gasteiger partial charge in [-0.3, -0.25) is 4.90 Å². The topological polar surface area (TPSA) is 15.3 Å². The summed E-state index contributed by atoms with van der Waals surface area (Å²) in [4.78, 5) is 2.90. The number of likely N-dealkylation sites (tertiary alicyclic amines) is 1. The molecule has 1 N–H and O–H groups in total. The van der Waals surface area contributed by atoms with Gasteiger partial charge in [-0.15, -0.1) is 0 Å². The molecule has 0 spiro atoms. The molecule has 2 heteroatoms. The fourth-order valence-corrected chi connectivity index (χ4v) is 4.28. The molecule has 1 unspecified atom stereocenters. The highest BCUT2D eigenvalue weighted by atomic mass is 15.2. The van der Waals surface area contributed by atoms with Crippen molar-refractivity contribution in [2.24, 2.45) is 5.92 Å². The van der Waals surface area contributed by atoms with Crippen LogP contribution in [0.3, 0.4) is 0 Å². The fourth-order valence-electron chi connectivity index (χ4n) is 4.28. The maximum atomic E-state index is 3.67. The van der Waals surface area contributed by atoms with Gasteiger partial charge in [-0.2, -0.15) is 0 Å². The minimum absolute atomic E-state index is 0.794. The molecule has 2 fully saturated rings. The second kappa shape index (κ2) is 8.26. The summed E-state index contributed by atoms with van der Waals surface area (Å²) in [5, 5.41) is 3.67. The minimum Gasteiger partial charge on any atom is -0.315 e. The first kappa shape index (κ1) is 15.3. The number of hydrogen-bond donors (Lipinski definition) is 1. The van der Waals surface area contributed by atoms with Crippen LogP contribution in [0.15, 0.2) is 0 Å². The van der Waals surface area contributed by atoms with Crippen LogP contribution in [0, 0.1) is 5.92 Å². The van der Waals surface area contributed by atoms with Crippen molar-refractivity contribution in [1.29, 1.82) is 0 Å². The number of nitrogens with zero attached hydrogens (tertiary/aromatic N) is 1. The molecular weight excluding hydrogens is 232 g/mol. The molecule has 0 bridgehead atoms. The van der Waals surface area contributed by atoms with Crippen LogP contribution >= 0.6 is 0 Å². The lowest BCUT2D eigenvalue weighted by molar-refractivity contribution is 0.0226. The lowest BCUT2D eigenvalue weighted by atomic mass is 9.77. The highest BCUT2D eigenvalue weighted by Crippen LogP contribution is 2.36. The molecule has 1 aliphatic carbocycles. The van der Waals surface area contributed by atoms with E-state index in [0.29, 0.717) is 0 Å². The Kier molecular flexibility index (Phi) is 6.66. The summed E-state index contributed by atoms with van der Waals surface area (Å²) in [5.74, 6) is 1.02. The largest absolute Gasteiger partial charge is 0.315 e. The van der Waals surface area contributed by atoms with Crippen molar-refractivity contribution in [2.75, 3.05) is 19.6 Å². The molecule has 2 aliphatic rings. The van der Waals surface area contributed by atoms with Crippen LogP contribution in [0.2, 0.25) is 0 Å². The predicted octanol–water partition coefficient (Wildman–Crippen LogP) is 3.81. The first-order valence-corrected chi connectivity index (χ1v) is 8.83. The van der Waals surface area contributed by atoms with Crippen LogP contribution < -0.4 is 5.32 Å². The van der Waals surface area contributed by atoms with E-state index in [-0.39, 0.29) is 0 Å². The Labute approximate surface area is 120 Å². The first-order chi connectivity index (χ1) is 9.36. The third-order valence-electron chi connectivity index (χ3n) is 5.18. The molecule has 1 aliphatic heterocycles. The second-order valence-electron chi connectivity index (χ2n) is 6.64. The Morgan fingerprint density at radius 1 is 1.05 bits per heavy atom. The lowest BCUT2D eigenvalue weighted by Gasteiger charge is -2.48. The predicted molar refractivity (Wildman–Crippen MR) is 83.5 cm³/mol. The number of piperidine rings is 1. The van der Waals surface area contributed by atoms with Gasteiger partial charge >= 0.3 is 0 Å². The average molecular weight is 266 g/mol. The normalized spacial score (nSPS) is 30.0. The van der Waals surface area contributed by atoms with Gasteiger partial charge in [0.05, 0.1) is 0 Å². The molecule has 0 aromatic carbocycles. The number of fused-ring (bicyclic) bond motifs is 1. The van der Waals surface area contributed by atoms with E-state index < -0.39 is 0 Å². The summed E-state index contributed by atoms with van der Waals surface area (Å²) in [7, 11) is 0. The zero-order valence-corrected chi connectivity index (χ0v) is 13.2. The third-order valence-corrected chi connectivity index (χ3v) is 5.18. The summed E-state index contributed by atoms with van der Waals surface area (Å²) >= 11 is 0. The minimum atomic E-state index is 0.794. The van der Waals surface area contributed by atoms with Crippen LogP contribution in [0.5, 0.6) is 0 Å². The van der Waals surface area contributed by atoms with Crippen LogP contribution in [0.25, 0.3) is 0 Å². The summed E-state index contributed by atoms with van der Waals surface area (Å²) < 4.78 is 0. The molecule has 1 heterocycles. The van der Waals surface area contributed by atoms with Gasteiger partial charge < -0.3 is 5.32 Å². The number of hydrogen-bond acceptors (Lipinski definition) is 2. The second-order valence-corrected chi connectivity index (χ2v) is 6.64. The Morgan fingerprint density at radius 3 is 2.63 bits per heavy atom. The molecule has 2 nitrogen and oxygen atoms in total. The van der Waals surface area contributed by atoms with Crippen molar-refractivity contribution >= 4 is 0 Å². The summed E-state index contributed by atoms with van der Waals surface area (Å²) in [6.45, 7) is 8.36. The highest BCUT2D eigenvalue weighted by molar-refractivity contribution is 4.91. The van der Waals surface area contributed by atoms with E-state index in [0.717, 1.165) is 18.0 Å². The van der Waals surface area contributed by atoms with Crippen molar-refractivity contribution in [3.63, 3.8) is 0 Å². The van der Waals surface area contributed by atoms with Crippen molar-refractivity contribution < 1.29 is 0 Å². The van der Waals surface area contributed by atoms with Crippen molar-refractivity contribution in [3.05, 3.63) is 0 Å². The molecule has 0 aromatic rings. The zero-order valence-electron chi connectivity index (χ0n) is 13.2. The Hall–Kier alpha value is -0.0800. The average Bonchev–Trinajstić information content (AvgIpc) is 2.46. The fraction of sp³-hybridized carbons (Fsp3) is 1.00. The summed E-state index contributed by atoms with van der Waals surface area (Å²) in [5.41, 5.74) is 0. The van der Waals surface area contributed by atoms with E-state index in [2.05, 4.69) is 24.1 Å². The van der Waals surface area contributed by atoms with Crippen LogP contribution in [0.1, 0.15) is 71.6 Å². The van der Waals surface area contributed by atoms with Gasteiger partial charge in [-0.1, -0.05) is 33.1 Å². The van der Waals surface area contributed by atoms with E-state index in [1.165, 1.54) is 77.4 Å². The lowest BCUT2D eigenvalue weighted by Crippen LogP contribution is -2.54. The highest BCUT2D eigenvalue weighted by Gasteiger charge is 2.35. The van der Waals surface area contributed by atoms with Crippen LogP contribution in [0.4, 0.5) is 0 Å². The third kappa shape index (κ3) is 4.19. The van der Waals surface area contributed by atoms with E-state index in [9.17, 15) is 0 Å². The maximum Gasteiger partial charge on any atom is 0.0223 e. The quantitative estimate of drug-likeness (QED) is 0.705. The SMILES string of the molecule is CCCNCC(CCC)N1CCC[C@H]2CCCC[C@H]21. The van der Waals surface area contributed by atoms with Gasteiger partial charge in [-0.25, -0.2) is 0 Å². The van der Waals surface area contributed by atoms with Gasteiger partial charge in [0.25, 0.3) is 0 Å². The molecule has 112 valence electrons. The first-order valence-electron chi connectivity index (χ1n) is 8.83. The number of nitrogens with one attached hydrogen (secondary N) is 1. The monoisotopic (exact) mass is 266 g/mol. The van der Waals surface area contributed by atoms with E-state index >= 15 is 0 Å². The van der Waals surface area contributed by atoms with Gasteiger partial charge in [0.2, 0.25) is 0 Å². The molecule has 0 amide bonds. The van der Waals surface area contributed by atoms with Crippen molar-refractivity contribution in [3.8, 4) is 0 Å². The van der Waals surface area contributed by atoms with Gasteiger partial charge in [0.15, 0.2) is 0 Å². The molecule has 0 radical (unpaired) electrons. The summed E-state index contributed by atoms with van der Waals surface area (Å²) in [6.07, 6.45) is 12.8. The van der Waals surface area contributed by atoms with Gasteiger partial charge in [0, 0.05) is 18.6 Å². The number of rotatable bonds is 7. The zero-order chi connectivity index (χ0) is 13.5. The molecule has 1 saturated carbocycles. The van der Waals surface area contributed by atoms with Crippen LogP contribution in [-0.4, -0.2) is 36.6 Å². The smallest absolute Gasteiger partial charge is 0.0223 e. The Balaban J connectivity index is 1.93. The Bertz CT molecular complexity index is 239. The van der Waals surface area contributed by atoms with Crippen LogP contribution in [-0.2, 0) is 0 Å². The van der Waals surface area contributed by atoms with Gasteiger partial charge in [0.1, 0.15) is 0 Å². The van der Waals surface area contributed by atoms with E-state index in [1.54, 1.807) is 0 Å². The van der Waals surface area contributed by atoms with Crippen molar-refractivity contribution in [1.82, 2.24) is 10.2 Å². The molecular formula is C17H34N2. The molecule has 19 heavy (non-hydrogen) atoms.